The summed E-state index contributed by atoms with van der Waals surface area (Å²) < 4.78 is 36.5. The van der Waals surface area contributed by atoms with Gasteiger partial charge in [0.05, 0.1) is 29.0 Å². The second-order valence-corrected chi connectivity index (χ2v) is 11.1. The van der Waals surface area contributed by atoms with E-state index in [-0.39, 0.29) is 42.1 Å². The van der Waals surface area contributed by atoms with Crippen molar-refractivity contribution in [2.75, 3.05) is 30.9 Å². The maximum Gasteiger partial charge on any atom is 0.343 e. The minimum absolute atomic E-state index is 0.00767. The van der Waals surface area contributed by atoms with Gasteiger partial charge in [-0.3, -0.25) is 9.52 Å². The SMILES string of the molecule is CCC1(O)C(=O)OCc2c1cc1n(c2=O)Cc2cc3c(NS(=O)(=O)N4CCNCC4)c(O)ccc3nc2-1. The molecule has 5 heterocycles. The van der Waals surface area contributed by atoms with Crippen LogP contribution in [-0.2, 0) is 38.5 Å². The molecule has 1 fully saturated rings. The van der Waals surface area contributed by atoms with E-state index in [1.54, 1.807) is 25.1 Å². The summed E-state index contributed by atoms with van der Waals surface area (Å²) in [5.74, 6) is -1.05. The van der Waals surface area contributed by atoms with Crippen molar-refractivity contribution in [1.82, 2.24) is 19.2 Å². The Morgan fingerprint density at radius 1 is 1.22 bits per heavy atom. The number of aromatic hydroxyl groups is 1. The molecule has 1 atom stereocenters. The number of nitrogens with zero attached hydrogens (tertiary/aromatic N) is 3. The summed E-state index contributed by atoms with van der Waals surface area (Å²) in [6.45, 7) is 3.21. The summed E-state index contributed by atoms with van der Waals surface area (Å²) >= 11 is 0. The summed E-state index contributed by atoms with van der Waals surface area (Å²) in [5.41, 5.74) is 0.0723. The smallest absolute Gasteiger partial charge is 0.343 e. The molecule has 12 nitrogen and oxygen atoms in total. The molecule has 1 saturated heterocycles. The number of rotatable bonds is 4. The first kappa shape index (κ1) is 23.9. The van der Waals surface area contributed by atoms with Crippen molar-refractivity contribution in [1.29, 1.82) is 0 Å². The molecule has 0 amide bonds. The zero-order valence-corrected chi connectivity index (χ0v) is 20.8. The number of esters is 1. The molecule has 0 saturated carbocycles. The number of fused-ring (bicyclic) bond motifs is 5. The third kappa shape index (κ3) is 3.53. The van der Waals surface area contributed by atoms with Crippen LogP contribution in [0.2, 0.25) is 0 Å². The van der Waals surface area contributed by atoms with Gasteiger partial charge in [0.25, 0.3) is 5.56 Å². The molecule has 1 unspecified atom stereocenters. The van der Waals surface area contributed by atoms with E-state index in [0.29, 0.717) is 54.0 Å². The van der Waals surface area contributed by atoms with Gasteiger partial charge in [0.2, 0.25) is 0 Å². The summed E-state index contributed by atoms with van der Waals surface area (Å²) in [5, 5.41) is 25.1. The molecular weight excluding hydrogens is 502 g/mol. The second-order valence-electron chi connectivity index (χ2n) is 9.38. The number of piperazine rings is 1. The molecule has 3 aliphatic rings. The Morgan fingerprint density at radius 3 is 2.70 bits per heavy atom. The Bertz CT molecular complexity index is 1650. The van der Waals surface area contributed by atoms with Gasteiger partial charge < -0.3 is 24.8 Å². The number of ether oxygens (including phenoxy) is 1. The number of benzene rings is 1. The number of phenols is 1. The molecule has 0 aliphatic carbocycles. The predicted molar refractivity (Wildman–Crippen MR) is 133 cm³/mol. The van der Waals surface area contributed by atoms with Crippen LogP contribution in [0.15, 0.2) is 29.1 Å². The maximum atomic E-state index is 13.4. The van der Waals surface area contributed by atoms with Gasteiger partial charge in [-0.2, -0.15) is 12.7 Å². The number of phenolic OH excluding ortho intramolecular Hbond substituents is 1. The Balaban J connectivity index is 1.48. The van der Waals surface area contributed by atoms with Crippen LogP contribution in [0.5, 0.6) is 5.75 Å². The topological polar surface area (TPSA) is 163 Å². The Morgan fingerprint density at radius 2 is 1.97 bits per heavy atom. The monoisotopic (exact) mass is 527 g/mol. The van der Waals surface area contributed by atoms with Crippen molar-refractivity contribution in [3.8, 4) is 17.1 Å². The van der Waals surface area contributed by atoms with Crippen molar-refractivity contribution in [2.45, 2.75) is 32.1 Å². The average molecular weight is 528 g/mol. The van der Waals surface area contributed by atoms with E-state index in [9.17, 15) is 28.2 Å². The van der Waals surface area contributed by atoms with Crippen molar-refractivity contribution in [3.63, 3.8) is 0 Å². The summed E-state index contributed by atoms with van der Waals surface area (Å²) in [6, 6.07) is 6.23. The van der Waals surface area contributed by atoms with Gasteiger partial charge in [0.15, 0.2) is 5.60 Å². The van der Waals surface area contributed by atoms with Gasteiger partial charge in [0, 0.05) is 42.7 Å². The predicted octanol–water partition coefficient (Wildman–Crippen LogP) is 0.347. The number of cyclic esters (lactones) is 1. The highest BCUT2D eigenvalue weighted by atomic mass is 32.2. The van der Waals surface area contributed by atoms with Gasteiger partial charge in [-0.25, -0.2) is 9.78 Å². The third-order valence-electron chi connectivity index (χ3n) is 7.32. The molecule has 13 heteroatoms. The van der Waals surface area contributed by atoms with Crippen molar-refractivity contribution in [3.05, 3.63) is 51.3 Å². The van der Waals surface area contributed by atoms with Crippen molar-refractivity contribution >= 4 is 32.8 Å². The fourth-order valence-corrected chi connectivity index (χ4v) is 6.49. The fourth-order valence-electron chi connectivity index (χ4n) is 5.23. The third-order valence-corrected chi connectivity index (χ3v) is 8.82. The molecule has 1 aromatic carbocycles. The number of carbonyl (C=O) groups is 1. The first-order valence-corrected chi connectivity index (χ1v) is 13.4. The molecule has 0 radical (unpaired) electrons. The number of pyridine rings is 2. The van der Waals surface area contributed by atoms with Crippen LogP contribution < -0.4 is 15.6 Å². The number of aliphatic hydroxyl groups is 1. The number of nitrogens with one attached hydrogen (secondary N) is 2. The van der Waals surface area contributed by atoms with Crippen molar-refractivity contribution in [2.24, 2.45) is 0 Å². The summed E-state index contributed by atoms with van der Waals surface area (Å²) in [4.78, 5) is 30.4. The molecule has 2 aromatic heterocycles. The molecular formula is C24H25N5O7S. The summed E-state index contributed by atoms with van der Waals surface area (Å²) in [6.07, 6.45) is 0.0373. The molecule has 0 bridgehead atoms. The zero-order valence-electron chi connectivity index (χ0n) is 19.9. The maximum absolute atomic E-state index is 13.4. The van der Waals surface area contributed by atoms with Crippen LogP contribution in [0.3, 0.4) is 0 Å². The van der Waals surface area contributed by atoms with Crippen LogP contribution in [-0.4, -0.2) is 64.6 Å². The molecule has 4 N–H and O–H groups in total. The van der Waals surface area contributed by atoms with E-state index in [0.717, 1.165) is 0 Å². The number of hydrogen-bond donors (Lipinski definition) is 4. The molecule has 6 rings (SSSR count). The molecule has 37 heavy (non-hydrogen) atoms. The van der Waals surface area contributed by atoms with Crippen molar-refractivity contribution < 1.29 is 28.2 Å². The van der Waals surface area contributed by atoms with Crippen LogP contribution in [0.1, 0.15) is 30.0 Å². The minimum Gasteiger partial charge on any atom is -0.506 e. The van der Waals surface area contributed by atoms with Gasteiger partial charge in [-0.05, 0) is 30.7 Å². The lowest BCUT2D eigenvalue weighted by Crippen LogP contribution is -2.48. The first-order chi connectivity index (χ1) is 17.6. The zero-order chi connectivity index (χ0) is 26.1. The van der Waals surface area contributed by atoms with Crippen LogP contribution in [0.4, 0.5) is 5.69 Å². The second kappa shape index (κ2) is 8.25. The molecule has 194 valence electrons. The lowest BCUT2D eigenvalue weighted by molar-refractivity contribution is -0.172. The van der Waals surface area contributed by atoms with Gasteiger partial charge >= 0.3 is 16.2 Å². The lowest BCUT2D eigenvalue weighted by atomic mass is 9.86. The van der Waals surface area contributed by atoms with E-state index in [4.69, 9.17) is 9.72 Å². The van der Waals surface area contributed by atoms with E-state index in [1.807, 2.05) is 0 Å². The number of aromatic nitrogens is 2. The highest BCUT2D eigenvalue weighted by Gasteiger charge is 2.45. The number of carbonyl (C=O) groups excluding carboxylic acids is 1. The molecule has 3 aromatic rings. The Hall–Kier alpha value is -3.52. The van der Waals surface area contributed by atoms with Gasteiger partial charge in [0.1, 0.15) is 18.0 Å². The van der Waals surface area contributed by atoms with E-state index < -0.39 is 27.3 Å². The number of anilines is 1. The van der Waals surface area contributed by atoms with E-state index in [2.05, 4.69) is 10.0 Å². The highest BCUT2D eigenvalue weighted by Crippen LogP contribution is 2.41. The standard InChI is InChI=1S/C24H25N5O7S/c1-2-24(33)16-10-18-20-13(11-29(18)22(31)15(16)12-36-23(24)32)9-14-17(26-20)3-4-19(30)21(14)27-37(34,35)28-7-5-25-6-8-28/h3-4,9-10,25,27,30,33H,2,5-8,11-12H2,1H3. The van der Waals surface area contributed by atoms with E-state index in [1.165, 1.54) is 14.9 Å². The fraction of sp³-hybridized carbons (Fsp3) is 0.375. The van der Waals surface area contributed by atoms with Crippen LogP contribution >= 0.6 is 0 Å². The highest BCUT2D eigenvalue weighted by molar-refractivity contribution is 7.90. The van der Waals surface area contributed by atoms with Gasteiger partial charge in [-0.1, -0.05) is 6.92 Å². The van der Waals surface area contributed by atoms with Crippen LogP contribution in [0.25, 0.3) is 22.3 Å². The van der Waals surface area contributed by atoms with E-state index >= 15 is 0 Å². The minimum atomic E-state index is -3.93. The quantitative estimate of drug-likeness (QED) is 0.217. The van der Waals surface area contributed by atoms with Gasteiger partial charge in [-0.15, -0.1) is 0 Å². The summed E-state index contributed by atoms with van der Waals surface area (Å²) in [7, 11) is -3.93. The number of hydrogen-bond acceptors (Lipinski definition) is 9. The molecule has 3 aliphatic heterocycles. The average Bonchev–Trinajstić information content (AvgIpc) is 3.26. The van der Waals surface area contributed by atoms with Crippen LogP contribution in [0, 0.1) is 0 Å². The Labute approximate surface area is 211 Å². The largest absolute Gasteiger partial charge is 0.506 e. The normalized spacial score (nSPS) is 21.3. The lowest BCUT2D eigenvalue weighted by Gasteiger charge is -2.31. The molecule has 0 spiro atoms. The Kier molecular flexibility index (Phi) is 5.32. The first-order valence-electron chi connectivity index (χ1n) is 12.0.